The Hall–Kier alpha value is -2.58. The van der Waals surface area contributed by atoms with Gasteiger partial charge in [-0.05, 0) is 50.5 Å². The van der Waals surface area contributed by atoms with E-state index in [-0.39, 0.29) is 47.5 Å². The number of allylic oxidation sites excluding steroid dienone is 2. The molecule has 0 bridgehead atoms. The van der Waals surface area contributed by atoms with E-state index in [1.54, 1.807) is 7.11 Å². The molecular formula is C27H41N3O5. The van der Waals surface area contributed by atoms with Gasteiger partial charge in [-0.1, -0.05) is 43.7 Å². The minimum atomic E-state index is -0.462. The number of carbonyl (C=O) groups excluding carboxylic acids is 4. The van der Waals surface area contributed by atoms with Crippen LogP contribution in [0.1, 0.15) is 65.7 Å². The Morgan fingerprint density at radius 2 is 1.83 bits per heavy atom. The molecule has 0 aromatic rings. The number of hydrogen-bond acceptors (Lipinski definition) is 6. The number of amides is 3. The largest absolute Gasteiger partial charge is 0.376 e. The summed E-state index contributed by atoms with van der Waals surface area (Å²) in [6.45, 7) is 5.75. The average Bonchev–Trinajstić information content (AvgIpc) is 2.79. The third kappa shape index (κ3) is 9.18. The van der Waals surface area contributed by atoms with Gasteiger partial charge in [0.25, 0.3) is 0 Å². The number of hydrogen-bond donors (Lipinski definition) is 3. The van der Waals surface area contributed by atoms with Crippen molar-refractivity contribution >= 4 is 23.5 Å². The fraction of sp³-hybridized carbons (Fsp3) is 0.630. The van der Waals surface area contributed by atoms with Crippen molar-refractivity contribution in [1.82, 2.24) is 10.6 Å². The summed E-state index contributed by atoms with van der Waals surface area (Å²) in [4.78, 5) is 48.8. The van der Waals surface area contributed by atoms with Crippen molar-refractivity contribution in [2.75, 3.05) is 7.11 Å². The third-order valence-corrected chi connectivity index (χ3v) is 6.94. The molecule has 1 unspecified atom stereocenters. The lowest BCUT2D eigenvalue weighted by molar-refractivity contribution is -0.135. The topological polar surface area (TPSA) is 128 Å². The summed E-state index contributed by atoms with van der Waals surface area (Å²) in [5.74, 6) is -1.20. The molecule has 0 spiro atoms. The molecule has 8 heteroatoms. The van der Waals surface area contributed by atoms with Crippen LogP contribution in [0.25, 0.3) is 0 Å². The monoisotopic (exact) mass is 487 g/mol. The number of piperidine rings is 1. The van der Waals surface area contributed by atoms with Gasteiger partial charge in [-0.15, -0.1) is 0 Å². The third-order valence-electron chi connectivity index (χ3n) is 6.94. The van der Waals surface area contributed by atoms with Crippen molar-refractivity contribution in [3.63, 3.8) is 0 Å². The molecule has 0 aromatic carbocycles. The van der Waals surface area contributed by atoms with Crippen LogP contribution < -0.4 is 16.4 Å². The zero-order valence-corrected chi connectivity index (χ0v) is 21.4. The molecule has 2 aliphatic rings. The molecule has 0 aliphatic carbocycles. The molecule has 8 nitrogen and oxygen atoms in total. The summed E-state index contributed by atoms with van der Waals surface area (Å²) in [6, 6.07) is -0.738. The van der Waals surface area contributed by atoms with Crippen molar-refractivity contribution in [3.8, 4) is 0 Å². The van der Waals surface area contributed by atoms with Crippen LogP contribution in [0.4, 0.5) is 0 Å². The molecule has 4 N–H and O–H groups in total. The second-order valence-electron chi connectivity index (χ2n) is 9.83. The lowest BCUT2D eigenvalue weighted by atomic mass is 9.85. The maximum absolute atomic E-state index is 13.1. The smallest absolute Gasteiger partial charge is 0.244 e. The van der Waals surface area contributed by atoms with Gasteiger partial charge in [-0.2, -0.15) is 0 Å². The molecule has 1 saturated heterocycles. The number of Topliss-reactive ketones (excluding diaryl/α,β-unsaturated/α-hetero) is 1. The molecule has 3 amide bonds. The van der Waals surface area contributed by atoms with Gasteiger partial charge in [-0.3, -0.25) is 24.5 Å². The molecule has 1 fully saturated rings. The van der Waals surface area contributed by atoms with Crippen molar-refractivity contribution in [2.24, 2.45) is 23.5 Å². The quantitative estimate of drug-likeness (QED) is 0.374. The second kappa shape index (κ2) is 14.1. The number of carbonyl (C=O) groups is 4. The number of ketones is 1. The van der Waals surface area contributed by atoms with Crippen LogP contribution in [0, 0.1) is 17.8 Å². The minimum absolute atomic E-state index is 0.0229. The van der Waals surface area contributed by atoms with Crippen molar-refractivity contribution in [2.45, 2.75) is 83.9 Å². The fourth-order valence-corrected chi connectivity index (χ4v) is 4.78. The van der Waals surface area contributed by atoms with E-state index in [0.717, 1.165) is 12.0 Å². The van der Waals surface area contributed by atoms with E-state index in [1.807, 2.05) is 45.1 Å². The molecule has 0 saturated carbocycles. The molecule has 5 atom stereocenters. The van der Waals surface area contributed by atoms with E-state index >= 15 is 0 Å². The van der Waals surface area contributed by atoms with Crippen LogP contribution in [0.2, 0.25) is 0 Å². The molecule has 35 heavy (non-hydrogen) atoms. The predicted octanol–water partition coefficient (Wildman–Crippen LogP) is 2.73. The average molecular weight is 488 g/mol. The summed E-state index contributed by atoms with van der Waals surface area (Å²) in [7, 11) is 1.64. The van der Waals surface area contributed by atoms with Crippen molar-refractivity contribution in [1.29, 1.82) is 0 Å². The number of methoxy groups -OCH3 is 1. The number of imide groups is 1. The SMILES string of the molecule is CO[C@H]1/C=C/CC/C=C/C(=O)NC([C@H](C)C(=O)CCCC2CC(=O)NC(=O)C2)/C(C)=C\[C@@H](C)[C@@H]1N. The number of nitrogens with two attached hydrogens (primary N) is 1. The van der Waals surface area contributed by atoms with Crippen LogP contribution in [0.3, 0.4) is 0 Å². The normalized spacial score (nSPS) is 31.3. The zero-order chi connectivity index (χ0) is 26.0. The van der Waals surface area contributed by atoms with E-state index in [9.17, 15) is 19.2 Å². The van der Waals surface area contributed by atoms with Crippen LogP contribution in [0.5, 0.6) is 0 Å². The van der Waals surface area contributed by atoms with Gasteiger partial charge >= 0.3 is 0 Å². The van der Waals surface area contributed by atoms with Crippen molar-refractivity contribution < 1.29 is 23.9 Å². The lowest BCUT2D eigenvalue weighted by Gasteiger charge is -2.28. The van der Waals surface area contributed by atoms with E-state index in [1.165, 1.54) is 6.08 Å². The van der Waals surface area contributed by atoms with Crippen molar-refractivity contribution in [3.05, 3.63) is 36.0 Å². The van der Waals surface area contributed by atoms with Gasteiger partial charge in [0.05, 0.1) is 12.1 Å². The Labute approximate surface area is 208 Å². The van der Waals surface area contributed by atoms with E-state index in [2.05, 4.69) is 10.6 Å². The first-order valence-corrected chi connectivity index (χ1v) is 12.6. The van der Waals surface area contributed by atoms with Crippen LogP contribution in [0.15, 0.2) is 36.0 Å². The highest BCUT2D eigenvalue weighted by atomic mass is 16.5. The fourth-order valence-electron chi connectivity index (χ4n) is 4.78. The molecular weight excluding hydrogens is 446 g/mol. The first-order chi connectivity index (χ1) is 16.6. The molecule has 2 aliphatic heterocycles. The molecule has 0 radical (unpaired) electrons. The van der Waals surface area contributed by atoms with Gasteiger partial charge in [0.15, 0.2) is 0 Å². The Morgan fingerprint density at radius 1 is 1.17 bits per heavy atom. The Morgan fingerprint density at radius 3 is 2.49 bits per heavy atom. The van der Waals surface area contributed by atoms with Crippen LogP contribution >= 0.6 is 0 Å². The summed E-state index contributed by atoms with van der Waals surface area (Å²) in [6.07, 6.45) is 12.8. The molecule has 0 aromatic heterocycles. The maximum Gasteiger partial charge on any atom is 0.244 e. The van der Waals surface area contributed by atoms with Gasteiger partial charge in [0.1, 0.15) is 5.78 Å². The molecule has 2 rings (SSSR count). The van der Waals surface area contributed by atoms with Gasteiger partial charge in [-0.25, -0.2) is 0 Å². The molecule has 194 valence electrons. The van der Waals surface area contributed by atoms with E-state index in [4.69, 9.17) is 10.5 Å². The highest BCUT2D eigenvalue weighted by molar-refractivity contribution is 5.97. The first kappa shape index (κ1) is 28.7. The Kier molecular flexibility index (Phi) is 11.5. The summed E-state index contributed by atoms with van der Waals surface area (Å²) < 4.78 is 5.58. The highest BCUT2D eigenvalue weighted by Crippen LogP contribution is 2.24. The van der Waals surface area contributed by atoms with Gasteiger partial charge < -0.3 is 15.8 Å². The summed E-state index contributed by atoms with van der Waals surface area (Å²) >= 11 is 0. The Bertz CT molecular complexity index is 847. The summed E-state index contributed by atoms with van der Waals surface area (Å²) in [5, 5.41) is 5.32. The number of ether oxygens (including phenoxy) is 1. The predicted molar refractivity (Wildman–Crippen MR) is 135 cm³/mol. The highest BCUT2D eigenvalue weighted by Gasteiger charge is 2.29. The number of rotatable bonds is 7. The standard InChI is InChI=1S/C27H41N3O5/c1-17-14-18(2)27(30-23(32)13-8-6-5-7-12-22(35-4)26(17)28)19(3)21(31)11-9-10-20-15-24(33)29-25(34)16-20/h7-8,12-14,17,19-20,22,26-27H,5-6,9-11,15-16,28H2,1-4H3,(H,30,32)(H,29,33,34)/b12-7+,13-8+,18-14-/t17-,19-,22+,26+,27?/m1/s1. The summed E-state index contributed by atoms with van der Waals surface area (Å²) in [5.41, 5.74) is 7.34. The van der Waals surface area contributed by atoms with Gasteiger partial charge in [0, 0.05) is 38.3 Å². The zero-order valence-electron chi connectivity index (χ0n) is 21.4. The van der Waals surface area contributed by atoms with Gasteiger partial charge in [0.2, 0.25) is 17.7 Å². The van der Waals surface area contributed by atoms with E-state index < -0.39 is 12.0 Å². The number of nitrogens with one attached hydrogen (secondary N) is 2. The Balaban J connectivity index is 2.11. The maximum atomic E-state index is 13.1. The first-order valence-electron chi connectivity index (χ1n) is 12.6. The van der Waals surface area contributed by atoms with Crippen LogP contribution in [-0.4, -0.2) is 48.8 Å². The minimum Gasteiger partial charge on any atom is -0.376 e. The van der Waals surface area contributed by atoms with E-state index in [0.29, 0.717) is 38.5 Å². The van der Waals surface area contributed by atoms with Crippen LogP contribution in [-0.2, 0) is 23.9 Å². The second-order valence-corrected chi connectivity index (χ2v) is 9.83. The lowest BCUT2D eigenvalue weighted by Crippen LogP contribution is -2.44. The molecule has 2 heterocycles.